The molecule has 1 saturated carbocycles. The number of carbonyl (C=O) groups is 1. The van der Waals surface area contributed by atoms with Crippen LogP contribution in [0.5, 0.6) is 0 Å². The molecule has 4 rings (SSSR count). The molecule has 136 valence electrons. The van der Waals surface area contributed by atoms with E-state index in [1.54, 1.807) is 19.1 Å². The van der Waals surface area contributed by atoms with Crippen LogP contribution < -0.4 is 5.32 Å². The third-order valence-electron chi connectivity index (χ3n) is 4.34. The van der Waals surface area contributed by atoms with E-state index in [9.17, 15) is 18.0 Å². The van der Waals surface area contributed by atoms with Crippen LogP contribution in [0.1, 0.15) is 29.0 Å². The van der Waals surface area contributed by atoms with Gasteiger partial charge in [-0.3, -0.25) is 9.20 Å². The normalized spacial score (nSPS) is 16.0. The molecule has 1 aliphatic carbocycles. The lowest BCUT2D eigenvalue weighted by molar-refractivity contribution is -0.158. The minimum atomic E-state index is -4.50. The number of imidazole rings is 1. The van der Waals surface area contributed by atoms with Crippen molar-refractivity contribution in [2.24, 2.45) is 5.92 Å². The zero-order valence-electron chi connectivity index (χ0n) is 13.6. The second-order valence-corrected chi connectivity index (χ2v) is 6.28. The Kier molecular flexibility index (Phi) is 3.70. The molecule has 0 aromatic carbocycles. The van der Waals surface area contributed by atoms with Crippen molar-refractivity contribution < 1.29 is 22.5 Å². The Morgan fingerprint density at radius 2 is 2.15 bits per heavy atom. The van der Waals surface area contributed by atoms with Gasteiger partial charge in [0.15, 0.2) is 11.3 Å². The van der Waals surface area contributed by atoms with Gasteiger partial charge >= 0.3 is 6.18 Å². The van der Waals surface area contributed by atoms with E-state index in [2.05, 4.69) is 20.4 Å². The van der Waals surface area contributed by atoms with Gasteiger partial charge in [0.05, 0.1) is 5.69 Å². The molecule has 1 amide bonds. The third-order valence-corrected chi connectivity index (χ3v) is 4.34. The maximum atomic E-state index is 13.2. The number of rotatable bonds is 4. The standard InChI is InChI=1S/C16H14F3N5O2/c1-8-6-11(10-4-5-26-23-10)21-14-12(20-7-24(8)14)15(25)22-13(9-2-3-9)16(17,18)19/h4-7,9,13H,2-3H2,1H3,(H,22,25). The summed E-state index contributed by atoms with van der Waals surface area (Å²) in [5.41, 5.74) is 1.60. The van der Waals surface area contributed by atoms with E-state index in [1.807, 2.05) is 0 Å². The van der Waals surface area contributed by atoms with Crippen molar-refractivity contribution in [3.05, 3.63) is 36.1 Å². The van der Waals surface area contributed by atoms with E-state index in [1.165, 1.54) is 17.0 Å². The summed E-state index contributed by atoms with van der Waals surface area (Å²) in [5, 5.41) is 5.86. The van der Waals surface area contributed by atoms with Crippen LogP contribution in [0.15, 0.2) is 29.2 Å². The Morgan fingerprint density at radius 1 is 1.38 bits per heavy atom. The van der Waals surface area contributed by atoms with Crippen molar-refractivity contribution in [2.75, 3.05) is 0 Å². The van der Waals surface area contributed by atoms with Gasteiger partial charge < -0.3 is 9.84 Å². The Labute approximate surface area is 145 Å². The minimum absolute atomic E-state index is 0.159. The number of fused-ring (bicyclic) bond motifs is 1. The van der Waals surface area contributed by atoms with Crippen LogP contribution in [0.25, 0.3) is 17.0 Å². The highest BCUT2D eigenvalue weighted by atomic mass is 19.4. The molecule has 1 unspecified atom stereocenters. The number of alkyl halides is 3. The van der Waals surface area contributed by atoms with E-state index in [0.717, 1.165) is 0 Å². The van der Waals surface area contributed by atoms with Gasteiger partial charge in [0.25, 0.3) is 5.91 Å². The van der Waals surface area contributed by atoms with Gasteiger partial charge in [0.1, 0.15) is 24.3 Å². The molecule has 3 aromatic rings. The summed E-state index contributed by atoms with van der Waals surface area (Å²) >= 11 is 0. The Balaban J connectivity index is 1.71. The quantitative estimate of drug-likeness (QED) is 0.768. The van der Waals surface area contributed by atoms with Gasteiger partial charge in [0.2, 0.25) is 0 Å². The smallest absolute Gasteiger partial charge is 0.364 e. The second-order valence-electron chi connectivity index (χ2n) is 6.28. The van der Waals surface area contributed by atoms with Gasteiger partial charge in [0, 0.05) is 11.8 Å². The summed E-state index contributed by atoms with van der Waals surface area (Å²) in [4.78, 5) is 20.8. The molecule has 0 spiro atoms. The number of hydrogen-bond acceptors (Lipinski definition) is 5. The monoisotopic (exact) mass is 365 g/mol. The number of halogens is 3. The van der Waals surface area contributed by atoms with Crippen molar-refractivity contribution in [3.8, 4) is 11.4 Å². The molecule has 0 saturated heterocycles. The van der Waals surface area contributed by atoms with E-state index >= 15 is 0 Å². The van der Waals surface area contributed by atoms with Gasteiger partial charge in [-0.15, -0.1) is 0 Å². The fraction of sp³-hybridized carbons (Fsp3) is 0.375. The van der Waals surface area contributed by atoms with E-state index in [4.69, 9.17) is 4.52 Å². The molecule has 3 aromatic heterocycles. The molecule has 3 heterocycles. The fourth-order valence-electron chi connectivity index (χ4n) is 2.86. The third kappa shape index (κ3) is 2.91. The van der Waals surface area contributed by atoms with Crippen LogP contribution in [0, 0.1) is 12.8 Å². The van der Waals surface area contributed by atoms with Crippen LogP contribution in [-0.4, -0.2) is 37.7 Å². The fourth-order valence-corrected chi connectivity index (χ4v) is 2.86. The zero-order chi connectivity index (χ0) is 18.5. The first-order valence-corrected chi connectivity index (χ1v) is 7.97. The summed E-state index contributed by atoms with van der Waals surface area (Å²) in [6, 6.07) is 1.45. The Bertz CT molecular complexity index is 960. The maximum Gasteiger partial charge on any atom is 0.408 e. The predicted octanol–water partition coefficient (Wildman–Crippen LogP) is 2.76. The molecule has 7 nitrogen and oxygen atoms in total. The van der Waals surface area contributed by atoms with Crippen molar-refractivity contribution >= 4 is 11.6 Å². The van der Waals surface area contributed by atoms with Crippen LogP contribution in [0.2, 0.25) is 0 Å². The maximum absolute atomic E-state index is 13.2. The highest BCUT2D eigenvalue weighted by Crippen LogP contribution is 2.40. The minimum Gasteiger partial charge on any atom is -0.364 e. The first-order chi connectivity index (χ1) is 12.3. The molecule has 0 aliphatic heterocycles. The lowest BCUT2D eigenvalue weighted by Crippen LogP contribution is -2.47. The van der Waals surface area contributed by atoms with E-state index in [-0.39, 0.29) is 11.3 Å². The average Bonchev–Trinajstić information content (AvgIpc) is 3.09. The molecule has 1 atom stereocenters. The largest absolute Gasteiger partial charge is 0.408 e. The number of aromatic nitrogens is 4. The first kappa shape index (κ1) is 16.6. The van der Waals surface area contributed by atoms with Gasteiger partial charge in [-0.05, 0) is 31.7 Å². The SMILES string of the molecule is Cc1cc(-c2ccon2)nc2c(C(=O)NC(C3CC3)C(F)(F)F)ncn12. The molecule has 0 radical (unpaired) electrons. The van der Waals surface area contributed by atoms with Crippen LogP contribution in [0.3, 0.4) is 0 Å². The molecule has 1 aliphatic rings. The molecule has 10 heteroatoms. The summed E-state index contributed by atoms with van der Waals surface area (Å²) < 4.78 is 45.8. The summed E-state index contributed by atoms with van der Waals surface area (Å²) in [5.74, 6) is -1.47. The highest BCUT2D eigenvalue weighted by molar-refractivity contribution is 5.98. The summed E-state index contributed by atoms with van der Waals surface area (Å²) in [7, 11) is 0. The second kappa shape index (κ2) is 5.82. The number of amides is 1. The van der Waals surface area contributed by atoms with Crippen LogP contribution in [0.4, 0.5) is 13.2 Å². The zero-order valence-corrected chi connectivity index (χ0v) is 13.6. The van der Waals surface area contributed by atoms with E-state index in [0.29, 0.717) is 29.9 Å². The van der Waals surface area contributed by atoms with Gasteiger partial charge in [-0.2, -0.15) is 13.2 Å². The van der Waals surface area contributed by atoms with Crippen molar-refractivity contribution in [2.45, 2.75) is 32.0 Å². The predicted molar refractivity (Wildman–Crippen MR) is 83.3 cm³/mol. The molecular formula is C16H14F3N5O2. The number of carbonyl (C=O) groups excluding carboxylic acids is 1. The number of aryl methyl sites for hydroxylation is 1. The average molecular weight is 365 g/mol. The number of nitrogens with one attached hydrogen (secondary N) is 1. The van der Waals surface area contributed by atoms with Gasteiger partial charge in [-0.1, -0.05) is 5.16 Å². The molecular weight excluding hydrogens is 351 g/mol. The van der Waals surface area contributed by atoms with Gasteiger partial charge in [-0.25, -0.2) is 9.97 Å². The highest BCUT2D eigenvalue weighted by Gasteiger charge is 2.50. The Morgan fingerprint density at radius 3 is 2.77 bits per heavy atom. The number of nitrogens with zero attached hydrogens (tertiary/aromatic N) is 4. The van der Waals surface area contributed by atoms with Crippen molar-refractivity contribution in [3.63, 3.8) is 0 Å². The molecule has 1 fully saturated rings. The van der Waals surface area contributed by atoms with E-state index < -0.39 is 24.0 Å². The lowest BCUT2D eigenvalue weighted by Gasteiger charge is -2.20. The molecule has 26 heavy (non-hydrogen) atoms. The topological polar surface area (TPSA) is 85.3 Å². The number of hydrogen-bond donors (Lipinski definition) is 1. The summed E-state index contributed by atoms with van der Waals surface area (Å²) in [6.07, 6.45) is -0.866. The summed E-state index contributed by atoms with van der Waals surface area (Å²) in [6.45, 7) is 1.77. The lowest BCUT2D eigenvalue weighted by atomic mass is 10.1. The van der Waals surface area contributed by atoms with Crippen molar-refractivity contribution in [1.29, 1.82) is 0 Å². The molecule has 1 N–H and O–H groups in total. The van der Waals surface area contributed by atoms with Crippen molar-refractivity contribution in [1.82, 2.24) is 24.8 Å². The first-order valence-electron chi connectivity index (χ1n) is 7.97. The van der Waals surface area contributed by atoms with Crippen LogP contribution >= 0.6 is 0 Å². The van der Waals surface area contributed by atoms with Crippen LogP contribution in [-0.2, 0) is 0 Å². The Hall–Kier alpha value is -2.91. The molecule has 0 bridgehead atoms.